The van der Waals surface area contributed by atoms with E-state index in [1.165, 1.54) is 0 Å². The Kier molecular flexibility index (Phi) is 5.02. The highest BCUT2D eigenvalue weighted by Crippen LogP contribution is 2.28. The van der Waals surface area contributed by atoms with E-state index in [0.29, 0.717) is 24.5 Å². The Balaban J connectivity index is 1.61. The SMILES string of the molecule is COc1ccc(Br)cc1NC(=O)N1CCN(c2nccs2)CC1. The number of carbonyl (C=O) groups is 1. The van der Waals surface area contributed by atoms with E-state index in [1.807, 2.05) is 28.5 Å². The molecule has 1 aromatic heterocycles. The topological polar surface area (TPSA) is 57.7 Å². The van der Waals surface area contributed by atoms with Gasteiger partial charge in [-0.1, -0.05) is 15.9 Å². The molecule has 2 heterocycles. The number of nitrogens with zero attached hydrogens (tertiary/aromatic N) is 3. The number of anilines is 2. The third kappa shape index (κ3) is 3.76. The summed E-state index contributed by atoms with van der Waals surface area (Å²) in [7, 11) is 1.59. The molecule has 0 radical (unpaired) electrons. The monoisotopic (exact) mass is 396 g/mol. The Morgan fingerprint density at radius 2 is 2.13 bits per heavy atom. The fraction of sp³-hybridized carbons (Fsp3) is 0.333. The summed E-state index contributed by atoms with van der Waals surface area (Å²) in [6.07, 6.45) is 1.80. The maximum atomic E-state index is 12.5. The number of hydrogen-bond donors (Lipinski definition) is 1. The normalized spacial score (nSPS) is 14.7. The Morgan fingerprint density at radius 1 is 1.35 bits per heavy atom. The minimum absolute atomic E-state index is 0.111. The van der Waals surface area contributed by atoms with Crippen LogP contribution in [0.15, 0.2) is 34.2 Å². The molecular formula is C15H17BrN4O2S. The lowest BCUT2D eigenvalue weighted by Gasteiger charge is -2.34. The van der Waals surface area contributed by atoms with Gasteiger partial charge in [0.15, 0.2) is 5.13 Å². The first-order valence-electron chi connectivity index (χ1n) is 7.21. The van der Waals surface area contributed by atoms with Crippen molar-refractivity contribution in [3.05, 3.63) is 34.2 Å². The molecule has 1 aromatic carbocycles. The van der Waals surface area contributed by atoms with Crippen LogP contribution >= 0.6 is 27.3 Å². The number of methoxy groups -OCH3 is 1. The molecule has 23 heavy (non-hydrogen) atoms. The molecule has 3 rings (SSSR count). The van der Waals surface area contributed by atoms with Gasteiger partial charge in [0.1, 0.15) is 5.75 Å². The molecule has 0 unspecified atom stereocenters. The van der Waals surface area contributed by atoms with Crippen molar-refractivity contribution in [3.8, 4) is 5.75 Å². The zero-order valence-corrected chi connectivity index (χ0v) is 15.1. The highest BCUT2D eigenvalue weighted by Gasteiger charge is 2.23. The number of nitrogens with one attached hydrogen (secondary N) is 1. The van der Waals surface area contributed by atoms with Gasteiger partial charge in [0.2, 0.25) is 0 Å². The second-order valence-electron chi connectivity index (χ2n) is 5.06. The summed E-state index contributed by atoms with van der Waals surface area (Å²) >= 11 is 5.03. The minimum atomic E-state index is -0.111. The second kappa shape index (κ2) is 7.18. The van der Waals surface area contributed by atoms with Gasteiger partial charge in [-0.05, 0) is 18.2 Å². The van der Waals surface area contributed by atoms with Crippen molar-refractivity contribution in [2.24, 2.45) is 0 Å². The van der Waals surface area contributed by atoms with Gasteiger partial charge in [-0.15, -0.1) is 11.3 Å². The van der Waals surface area contributed by atoms with Crippen LogP contribution in [-0.4, -0.2) is 49.2 Å². The molecule has 1 aliphatic heterocycles. The van der Waals surface area contributed by atoms with Crippen molar-refractivity contribution in [2.45, 2.75) is 0 Å². The average molecular weight is 397 g/mol. The third-order valence-electron chi connectivity index (χ3n) is 3.66. The van der Waals surface area contributed by atoms with E-state index in [0.717, 1.165) is 22.7 Å². The maximum Gasteiger partial charge on any atom is 0.322 e. The first kappa shape index (κ1) is 16.1. The molecule has 8 heteroatoms. The molecule has 122 valence electrons. The van der Waals surface area contributed by atoms with E-state index < -0.39 is 0 Å². The number of urea groups is 1. The summed E-state index contributed by atoms with van der Waals surface area (Å²) in [5.74, 6) is 0.642. The number of aromatic nitrogens is 1. The van der Waals surface area contributed by atoms with Crippen molar-refractivity contribution in [3.63, 3.8) is 0 Å². The summed E-state index contributed by atoms with van der Waals surface area (Å²) in [6.45, 7) is 2.91. The van der Waals surface area contributed by atoms with Crippen molar-refractivity contribution in [2.75, 3.05) is 43.5 Å². The van der Waals surface area contributed by atoms with E-state index in [2.05, 4.69) is 31.1 Å². The molecule has 2 amide bonds. The molecule has 0 spiro atoms. The number of halogens is 1. The van der Waals surface area contributed by atoms with E-state index in [-0.39, 0.29) is 6.03 Å². The van der Waals surface area contributed by atoms with Gasteiger partial charge < -0.3 is 19.9 Å². The van der Waals surface area contributed by atoms with Crippen LogP contribution in [0.3, 0.4) is 0 Å². The molecule has 0 bridgehead atoms. The Hall–Kier alpha value is -1.80. The molecule has 1 fully saturated rings. The Morgan fingerprint density at radius 3 is 2.78 bits per heavy atom. The predicted molar refractivity (Wildman–Crippen MR) is 95.6 cm³/mol. The fourth-order valence-electron chi connectivity index (χ4n) is 2.45. The van der Waals surface area contributed by atoms with Gasteiger partial charge in [-0.25, -0.2) is 9.78 Å². The van der Waals surface area contributed by atoms with Gasteiger partial charge in [-0.3, -0.25) is 0 Å². The number of hydrogen-bond acceptors (Lipinski definition) is 5. The number of piperazine rings is 1. The highest BCUT2D eigenvalue weighted by molar-refractivity contribution is 9.10. The summed E-state index contributed by atoms with van der Waals surface area (Å²) in [5.41, 5.74) is 0.661. The Bertz CT molecular complexity index is 672. The number of ether oxygens (including phenoxy) is 1. The quantitative estimate of drug-likeness (QED) is 0.864. The predicted octanol–water partition coefficient (Wildman–Crippen LogP) is 3.27. The van der Waals surface area contributed by atoms with Crippen LogP contribution in [-0.2, 0) is 0 Å². The van der Waals surface area contributed by atoms with Gasteiger partial charge in [0, 0.05) is 42.2 Å². The van der Waals surface area contributed by atoms with Crippen LogP contribution in [0.2, 0.25) is 0 Å². The van der Waals surface area contributed by atoms with Crippen LogP contribution in [0.4, 0.5) is 15.6 Å². The standard InChI is InChI=1S/C15H17BrN4O2S/c1-22-13-3-2-11(16)10-12(13)18-14(21)19-5-7-20(8-6-19)15-17-4-9-23-15/h2-4,9-10H,5-8H2,1H3,(H,18,21). The highest BCUT2D eigenvalue weighted by atomic mass is 79.9. The van der Waals surface area contributed by atoms with Gasteiger partial charge in [-0.2, -0.15) is 0 Å². The lowest BCUT2D eigenvalue weighted by molar-refractivity contribution is 0.208. The van der Waals surface area contributed by atoms with Crippen LogP contribution < -0.4 is 15.0 Å². The molecule has 0 aliphatic carbocycles. The number of rotatable bonds is 3. The van der Waals surface area contributed by atoms with E-state index in [9.17, 15) is 4.79 Å². The van der Waals surface area contributed by atoms with E-state index in [4.69, 9.17) is 4.74 Å². The second-order valence-corrected chi connectivity index (χ2v) is 6.85. The van der Waals surface area contributed by atoms with Gasteiger partial charge in [0.25, 0.3) is 0 Å². The summed E-state index contributed by atoms with van der Waals surface area (Å²) in [6, 6.07) is 5.42. The van der Waals surface area contributed by atoms with Crippen molar-refractivity contribution >= 4 is 44.1 Å². The molecular weight excluding hydrogens is 380 g/mol. The number of benzene rings is 1. The van der Waals surface area contributed by atoms with Gasteiger partial charge in [0.05, 0.1) is 12.8 Å². The zero-order valence-electron chi connectivity index (χ0n) is 12.7. The lowest BCUT2D eigenvalue weighted by atomic mass is 10.3. The zero-order chi connectivity index (χ0) is 16.2. The minimum Gasteiger partial charge on any atom is -0.495 e. The first-order valence-corrected chi connectivity index (χ1v) is 8.88. The lowest BCUT2D eigenvalue weighted by Crippen LogP contribution is -2.50. The van der Waals surface area contributed by atoms with Gasteiger partial charge >= 0.3 is 6.03 Å². The molecule has 1 saturated heterocycles. The Labute approximate surface area is 147 Å². The molecule has 2 aromatic rings. The van der Waals surface area contributed by atoms with Crippen LogP contribution in [0.5, 0.6) is 5.75 Å². The maximum absolute atomic E-state index is 12.5. The van der Waals surface area contributed by atoms with Crippen molar-refractivity contribution in [1.82, 2.24) is 9.88 Å². The smallest absolute Gasteiger partial charge is 0.322 e. The van der Waals surface area contributed by atoms with Crippen LogP contribution in [0.25, 0.3) is 0 Å². The summed E-state index contributed by atoms with van der Waals surface area (Å²) < 4.78 is 6.18. The molecule has 1 N–H and O–H groups in total. The number of thiazole rings is 1. The van der Waals surface area contributed by atoms with Crippen LogP contribution in [0, 0.1) is 0 Å². The molecule has 1 aliphatic rings. The van der Waals surface area contributed by atoms with Crippen molar-refractivity contribution < 1.29 is 9.53 Å². The van der Waals surface area contributed by atoms with Crippen molar-refractivity contribution in [1.29, 1.82) is 0 Å². The number of amides is 2. The van der Waals surface area contributed by atoms with E-state index in [1.54, 1.807) is 24.6 Å². The van der Waals surface area contributed by atoms with E-state index >= 15 is 0 Å². The average Bonchev–Trinajstić information content (AvgIpc) is 3.10. The molecule has 0 saturated carbocycles. The largest absolute Gasteiger partial charge is 0.495 e. The number of carbonyl (C=O) groups excluding carboxylic acids is 1. The van der Waals surface area contributed by atoms with Crippen LogP contribution in [0.1, 0.15) is 0 Å². The third-order valence-corrected chi connectivity index (χ3v) is 4.99. The molecule has 6 nitrogen and oxygen atoms in total. The first-order chi connectivity index (χ1) is 11.2. The molecule has 0 atom stereocenters. The summed E-state index contributed by atoms with van der Waals surface area (Å²) in [4.78, 5) is 20.8. The summed E-state index contributed by atoms with van der Waals surface area (Å²) in [5, 5.41) is 5.90. The fourth-order valence-corrected chi connectivity index (χ4v) is 3.50.